The molecule has 0 bridgehead atoms. The van der Waals surface area contributed by atoms with Gasteiger partial charge in [0.2, 0.25) is 5.91 Å². The Bertz CT molecular complexity index is 1090. The van der Waals surface area contributed by atoms with Gasteiger partial charge in [-0.05, 0) is 62.1 Å². The van der Waals surface area contributed by atoms with E-state index in [0.29, 0.717) is 28.2 Å². The third kappa shape index (κ3) is 6.26. The van der Waals surface area contributed by atoms with Crippen LogP contribution >= 0.6 is 34.8 Å². The van der Waals surface area contributed by atoms with Crippen LogP contribution in [0.25, 0.3) is 0 Å². The Morgan fingerprint density at radius 3 is 2.43 bits per heavy atom. The van der Waals surface area contributed by atoms with Gasteiger partial charge in [-0.25, -0.2) is 4.79 Å². The first kappa shape index (κ1) is 25.7. The summed E-state index contributed by atoms with van der Waals surface area (Å²) in [5.74, 6) is 0.168. The molecule has 2 fully saturated rings. The molecular weight excluding hydrogens is 509 g/mol. The molecule has 2 saturated heterocycles. The van der Waals surface area contributed by atoms with Crippen LogP contribution < -0.4 is 21.3 Å². The van der Waals surface area contributed by atoms with E-state index >= 15 is 0 Å². The van der Waals surface area contributed by atoms with Crippen LogP contribution in [0.1, 0.15) is 37.8 Å². The highest BCUT2D eigenvalue weighted by atomic mass is 35.5. The highest BCUT2D eigenvalue weighted by molar-refractivity contribution is 6.35. The van der Waals surface area contributed by atoms with E-state index in [4.69, 9.17) is 40.5 Å². The lowest BCUT2D eigenvalue weighted by molar-refractivity contribution is -0.135. The first-order valence-electron chi connectivity index (χ1n) is 11.8. The van der Waals surface area contributed by atoms with Gasteiger partial charge in [0, 0.05) is 53.9 Å². The molecule has 2 unspecified atom stereocenters. The summed E-state index contributed by atoms with van der Waals surface area (Å²) in [4.78, 5) is 28.2. The summed E-state index contributed by atoms with van der Waals surface area (Å²) < 4.78 is 0. The number of nitrogens with two attached hydrogens (primary N) is 1. The van der Waals surface area contributed by atoms with Crippen LogP contribution in [0.5, 0.6) is 0 Å². The van der Waals surface area contributed by atoms with Gasteiger partial charge in [-0.1, -0.05) is 40.9 Å². The van der Waals surface area contributed by atoms with Gasteiger partial charge in [-0.3, -0.25) is 4.79 Å². The summed E-state index contributed by atoms with van der Waals surface area (Å²) in [6.07, 6.45) is 2.31. The third-order valence-corrected chi connectivity index (χ3v) is 7.70. The average molecular weight is 539 g/mol. The van der Waals surface area contributed by atoms with Gasteiger partial charge < -0.3 is 26.2 Å². The monoisotopic (exact) mass is 537 g/mol. The van der Waals surface area contributed by atoms with Crippen molar-refractivity contribution < 1.29 is 9.59 Å². The molecule has 2 aromatic rings. The maximum atomic E-state index is 13.0. The Morgan fingerprint density at radius 2 is 1.74 bits per heavy atom. The highest BCUT2D eigenvalue weighted by Crippen LogP contribution is 2.34. The molecule has 0 radical (unpaired) electrons. The van der Waals surface area contributed by atoms with E-state index in [9.17, 15) is 9.59 Å². The van der Waals surface area contributed by atoms with Crippen LogP contribution in [0.3, 0.4) is 0 Å². The van der Waals surface area contributed by atoms with Crippen molar-refractivity contribution in [3.63, 3.8) is 0 Å². The maximum Gasteiger partial charge on any atom is 0.312 e. The molecule has 2 aliphatic rings. The fraction of sp³-hybridized carbons (Fsp3) is 0.440. The number of anilines is 2. The summed E-state index contributed by atoms with van der Waals surface area (Å²) in [6, 6.07) is 10.8. The number of halogens is 3. The molecule has 4 N–H and O–H groups in total. The van der Waals surface area contributed by atoms with Crippen molar-refractivity contribution in [3.8, 4) is 0 Å². The largest absolute Gasteiger partial charge is 0.377 e. The summed E-state index contributed by atoms with van der Waals surface area (Å²) >= 11 is 18.9. The smallest absolute Gasteiger partial charge is 0.312 e. The van der Waals surface area contributed by atoms with E-state index in [1.165, 1.54) is 0 Å². The van der Waals surface area contributed by atoms with Crippen molar-refractivity contribution in [2.75, 3.05) is 36.4 Å². The summed E-state index contributed by atoms with van der Waals surface area (Å²) in [7, 11) is 0. The molecule has 7 nitrogen and oxygen atoms in total. The van der Waals surface area contributed by atoms with Crippen LogP contribution in [-0.2, 0) is 4.79 Å². The van der Waals surface area contributed by atoms with E-state index in [-0.39, 0.29) is 23.9 Å². The molecule has 2 aromatic carbocycles. The van der Waals surface area contributed by atoms with Crippen LogP contribution in [0.4, 0.5) is 16.2 Å². The van der Waals surface area contributed by atoms with Gasteiger partial charge >= 0.3 is 6.03 Å². The molecule has 2 heterocycles. The van der Waals surface area contributed by atoms with Crippen molar-refractivity contribution in [1.29, 1.82) is 0 Å². The number of likely N-dealkylation sites (tertiary alicyclic amines) is 1. The fourth-order valence-electron chi connectivity index (χ4n) is 4.91. The standard InChI is InChI=1S/C25H30Cl3N5O2/c1-15(20-4-2-17(26)12-22(20)28)30-23-13-19(3-5-21(23)27)32-9-6-16(7-10-32)24(34)33-11-8-18(14-33)31-25(29)35/h2-5,12-13,15-16,18,30H,6-11,14H2,1H3,(H3,29,31,35). The van der Waals surface area contributed by atoms with Crippen LogP contribution in [0.15, 0.2) is 36.4 Å². The van der Waals surface area contributed by atoms with Gasteiger partial charge in [0.1, 0.15) is 0 Å². The SMILES string of the molecule is CC(Nc1cc(N2CCC(C(=O)N3CCC(NC(N)=O)C3)CC2)ccc1Cl)c1ccc(Cl)cc1Cl. The molecule has 2 aliphatic heterocycles. The number of hydrogen-bond acceptors (Lipinski definition) is 4. The highest BCUT2D eigenvalue weighted by Gasteiger charge is 2.33. The van der Waals surface area contributed by atoms with Gasteiger partial charge in [-0.2, -0.15) is 0 Å². The number of carbonyl (C=O) groups excluding carboxylic acids is 2. The van der Waals surface area contributed by atoms with E-state index in [1.807, 2.05) is 42.2 Å². The quantitative estimate of drug-likeness (QED) is 0.465. The average Bonchev–Trinajstić information content (AvgIpc) is 3.28. The van der Waals surface area contributed by atoms with Crippen molar-refractivity contribution in [1.82, 2.24) is 10.2 Å². The zero-order chi connectivity index (χ0) is 25.1. The lowest BCUT2D eigenvalue weighted by Crippen LogP contribution is -2.44. The Balaban J connectivity index is 1.36. The Kier molecular flexibility index (Phi) is 8.19. The lowest BCUT2D eigenvalue weighted by atomic mass is 9.95. The first-order chi connectivity index (χ1) is 16.7. The molecule has 3 amide bonds. The number of hydrogen-bond donors (Lipinski definition) is 3. The zero-order valence-corrected chi connectivity index (χ0v) is 21.8. The number of nitrogens with one attached hydrogen (secondary N) is 2. The van der Waals surface area contributed by atoms with Gasteiger partial charge in [0.05, 0.1) is 16.8 Å². The Labute approximate surface area is 220 Å². The Morgan fingerprint density at radius 1 is 1.00 bits per heavy atom. The minimum atomic E-state index is -0.542. The number of amides is 3. The minimum Gasteiger partial charge on any atom is -0.377 e. The Hall–Kier alpha value is -2.35. The van der Waals surface area contributed by atoms with Crippen LogP contribution in [-0.4, -0.2) is 49.1 Å². The predicted molar refractivity (Wildman–Crippen MR) is 143 cm³/mol. The topological polar surface area (TPSA) is 90.7 Å². The zero-order valence-electron chi connectivity index (χ0n) is 19.6. The second-order valence-corrected chi connectivity index (χ2v) is 10.5. The van der Waals surface area contributed by atoms with E-state index in [1.54, 1.807) is 6.07 Å². The molecule has 4 rings (SSSR count). The number of carbonyl (C=O) groups is 2. The molecule has 0 saturated carbocycles. The van der Waals surface area contributed by atoms with Crippen molar-refractivity contribution >= 4 is 58.1 Å². The summed E-state index contributed by atoms with van der Waals surface area (Å²) in [5, 5.41) is 7.99. The normalized spacial score (nSPS) is 19.5. The molecule has 2 atom stereocenters. The number of primary amides is 1. The van der Waals surface area contributed by atoms with Crippen molar-refractivity contribution in [3.05, 3.63) is 57.0 Å². The van der Waals surface area contributed by atoms with Crippen molar-refractivity contribution in [2.45, 2.75) is 38.3 Å². The summed E-state index contributed by atoms with van der Waals surface area (Å²) in [6.45, 7) is 4.78. The summed E-state index contributed by atoms with van der Waals surface area (Å²) in [5.41, 5.74) is 8.03. The van der Waals surface area contributed by atoms with E-state index in [2.05, 4.69) is 15.5 Å². The van der Waals surface area contributed by atoms with Gasteiger partial charge in [0.15, 0.2) is 0 Å². The molecular formula is C25H30Cl3N5O2. The third-order valence-electron chi connectivity index (χ3n) is 6.81. The molecule has 10 heteroatoms. The number of benzene rings is 2. The molecule has 188 valence electrons. The fourth-order valence-corrected chi connectivity index (χ4v) is 5.65. The number of urea groups is 1. The van der Waals surface area contributed by atoms with Crippen molar-refractivity contribution in [2.24, 2.45) is 11.7 Å². The van der Waals surface area contributed by atoms with Gasteiger partial charge in [0.25, 0.3) is 0 Å². The van der Waals surface area contributed by atoms with E-state index in [0.717, 1.165) is 49.3 Å². The second-order valence-electron chi connectivity index (χ2n) is 9.24. The minimum absolute atomic E-state index is 0.00413. The predicted octanol–water partition coefficient (Wildman–Crippen LogP) is 5.31. The molecule has 0 aromatic heterocycles. The molecule has 35 heavy (non-hydrogen) atoms. The molecule has 0 aliphatic carbocycles. The maximum absolute atomic E-state index is 13.0. The van der Waals surface area contributed by atoms with Crippen LogP contribution in [0, 0.1) is 5.92 Å². The lowest BCUT2D eigenvalue weighted by Gasteiger charge is -2.35. The van der Waals surface area contributed by atoms with E-state index < -0.39 is 6.03 Å². The first-order valence-corrected chi connectivity index (χ1v) is 13.0. The second kappa shape index (κ2) is 11.1. The molecule has 0 spiro atoms. The number of piperidine rings is 1. The van der Waals surface area contributed by atoms with Crippen LogP contribution in [0.2, 0.25) is 15.1 Å². The number of nitrogens with zero attached hydrogens (tertiary/aromatic N) is 2. The number of rotatable bonds is 6. The van der Waals surface area contributed by atoms with Gasteiger partial charge in [-0.15, -0.1) is 0 Å².